The zero-order valence-corrected chi connectivity index (χ0v) is 21.0. The van der Waals surface area contributed by atoms with Crippen molar-refractivity contribution in [3.63, 3.8) is 0 Å². The van der Waals surface area contributed by atoms with Gasteiger partial charge in [0.1, 0.15) is 11.6 Å². The molecule has 5 nitrogen and oxygen atoms in total. The van der Waals surface area contributed by atoms with Crippen molar-refractivity contribution in [2.75, 3.05) is 13.2 Å². The maximum atomic E-state index is 12.4. The van der Waals surface area contributed by atoms with Gasteiger partial charge >= 0.3 is 0 Å². The van der Waals surface area contributed by atoms with Gasteiger partial charge in [0, 0.05) is 25.1 Å². The normalized spacial score (nSPS) is 11.1. The third-order valence-electron chi connectivity index (χ3n) is 6.27. The van der Waals surface area contributed by atoms with Crippen molar-refractivity contribution < 1.29 is 9.53 Å². The largest absolute Gasteiger partial charge is 0.493 e. The number of carbonyl (C=O) groups excluding carboxylic acids is 1. The molecule has 0 radical (unpaired) electrons. The molecular formula is C30H35N3O2. The number of hydrogen-bond donors (Lipinski definition) is 1. The number of ether oxygens (including phenoxy) is 1. The Balaban J connectivity index is 1.29. The predicted octanol–water partition coefficient (Wildman–Crippen LogP) is 6.18. The second-order valence-corrected chi connectivity index (χ2v) is 9.22. The van der Waals surface area contributed by atoms with Gasteiger partial charge in [0.15, 0.2) is 0 Å². The predicted molar refractivity (Wildman–Crippen MR) is 142 cm³/mol. The van der Waals surface area contributed by atoms with Gasteiger partial charge in [-0.15, -0.1) is 0 Å². The molecule has 0 fully saturated rings. The van der Waals surface area contributed by atoms with Crippen molar-refractivity contribution in [2.24, 2.45) is 0 Å². The molecule has 0 spiro atoms. The highest BCUT2D eigenvalue weighted by Gasteiger charge is 2.11. The van der Waals surface area contributed by atoms with E-state index in [1.807, 2.05) is 37.3 Å². The highest BCUT2D eigenvalue weighted by atomic mass is 16.5. The quantitative estimate of drug-likeness (QED) is 0.267. The first-order valence-corrected chi connectivity index (χ1v) is 12.5. The van der Waals surface area contributed by atoms with Crippen LogP contribution < -0.4 is 10.1 Å². The number of nitrogens with zero attached hydrogens (tertiary/aromatic N) is 2. The lowest BCUT2D eigenvalue weighted by atomic mass is 10.1. The van der Waals surface area contributed by atoms with Crippen molar-refractivity contribution in [3.8, 4) is 5.75 Å². The van der Waals surface area contributed by atoms with Crippen LogP contribution in [-0.2, 0) is 13.0 Å². The Hall–Kier alpha value is -3.60. The molecule has 3 aromatic carbocycles. The summed E-state index contributed by atoms with van der Waals surface area (Å²) in [6.45, 7) is 8.45. The van der Waals surface area contributed by atoms with Gasteiger partial charge in [-0.1, -0.05) is 47.5 Å². The lowest BCUT2D eigenvalue weighted by Crippen LogP contribution is -2.25. The fourth-order valence-electron chi connectivity index (χ4n) is 4.34. The van der Waals surface area contributed by atoms with Crippen LogP contribution in [0.4, 0.5) is 0 Å². The number of unbranched alkanes of at least 4 members (excludes halogenated alkanes) is 1. The summed E-state index contributed by atoms with van der Waals surface area (Å²) < 4.78 is 8.34. The van der Waals surface area contributed by atoms with Crippen LogP contribution in [0.5, 0.6) is 5.75 Å². The number of carbonyl (C=O) groups is 1. The molecule has 0 aliphatic carbocycles. The summed E-state index contributed by atoms with van der Waals surface area (Å²) in [6, 6.07) is 22.3. The van der Waals surface area contributed by atoms with Crippen LogP contribution in [0.3, 0.4) is 0 Å². The van der Waals surface area contributed by atoms with Gasteiger partial charge in [-0.2, -0.15) is 0 Å². The molecule has 0 saturated heterocycles. The molecule has 182 valence electrons. The molecule has 0 atom stereocenters. The first-order chi connectivity index (χ1) is 17.0. The van der Waals surface area contributed by atoms with Crippen LogP contribution in [-0.4, -0.2) is 28.6 Å². The number of hydrogen-bond acceptors (Lipinski definition) is 3. The second-order valence-electron chi connectivity index (χ2n) is 9.22. The molecule has 0 saturated carbocycles. The van der Waals surface area contributed by atoms with E-state index < -0.39 is 0 Å². The lowest BCUT2D eigenvalue weighted by molar-refractivity contribution is 0.0953. The van der Waals surface area contributed by atoms with Crippen LogP contribution in [0.25, 0.3) is 11.0 Å². The molecule has 1 N–H and O–H groups in total. The van der Waals surface area contributed by atoms with Crippen LogP contribution in [0.1, 0.15) is 52.1 Å². The highest BCUT2D eigenvalue weighted by molar-refractivity contribution is 5.94. The summed E-state index contributed by atoms with van der Waals surface area (Å²) in [6.07, 6.45) is 3.66. The Morgan fingerprint density at radius 3 is 2.49 bits per heavy atom. The molecule has 35 heavy (non-hydrogen) atoms. The molecule has 0 aliphatic rings. The molecular weight excluding hydrogens is 434 g/mol. The van der Waals surface area contributed by atoms with E-state index in [1.54, 1.807) is 0 Å². The number of aromatic nitrogens is 2. The number of amides is 1. The molecule has 4 rings (SSSR count). The van der Waals surface area contributed by atoms with Crippen molar-refractivity contribution in [3.05, 3.63) is 94.8 Å². The van der Waals surface area contributed by atoms with Gasteiger partial charge in [0.25, 0.3) is 5.91 Å². The van der Waals surface area contributed by atoms with Gasteiger partial charge in [-0.3, -0.25) is 4.79 Å². The summed E-state index contributed by atoms with van der Waals surface area (Å²) in [5, 5.41) is 3.03. The average molecular weight is 470 g/mol. The number of para-hydroxylation sites is 2. The van der Waals surface area contributed by atoms with E-state index in [2.05, 4.69) is 60.1 Å². The maximum absolute atomic E-state index is 12.4. The van der Waals surface area contributed by atoms with Crippen molar-refractivity contribution in [1.82, 2.24) is 14.9 Å². The fraction of sp³-hybridized carbons (Fsp3) is 0.333. The average Bonchev–Trinajstić information content (AvgIpc) is 3.20. The Kier molecular flexibility index (Phi) is 8.19. The smallest absolute Gasteiger partial charge is 0.251 e. The molecule has 1 heterocycles. The van der Waals surface area contributed by atoms with E-state index in [1.165, 1.54) is 16.6 Å². The lowest BCUT2D eigenvalue weighted by Gasteiger charge is -2.12. The minimum Gasteiger partial charge on any atom is -0.493 e. The van der Waals surface area contributed by atoms with E-state index in [9.17, 15) is 4.79 Å². The second kappa shape index (κ2) is 11.7. The number of nitrogens with one attached hydrogen (secondary N) is 1. The van der Waals surface area contributed by atoms with Crippen LogP contribution in [0, 0.1) is 20.8 Å². The summed E-state index contributed by atoms with van der Waals surface area (Å²) in [5.74, 6) is 2.02. The van der Waals surface area contributed by atoms with Crippen molar-refractivity contribution >= 4 is 16.9 Å². The monoisotopic (exact) mass is 469 g/mol. The Labute approximate surface area is 208 Å². The van der Waals surface area contributed by atoms with Gasteiger partial charge in [0.05, 0.1) is 17.6 Å². The number of imidazole rings is 1. The minimum absolute atomic E-state index is 0.0256. The maximum Gasteiger partial charge on any atom is 0.251 e. The Morgan fingerprint density at radius 2 is 1.69 bits per heavy atom. The van der Waals surface area contributed by atoms with Crippen LogP contribution >= 0.6 is 0 Å². The fourth-order valence-corrected chi connectivity index (χ4v) is 4.34. The molecule has 5 heteroatoms. The van der Waals surface area contributed by atoms with E-state index in [-0.39, 0.29) is 5.91 Å². The molecule has 1 amide bonds. The summed E-state index contributed by atoms with van der Waals surface area (Å²) in [4.78, 5) is 17.3. The summed E-state index contributed by atoms with van der Waals surface area (Å²) >= 11 is 0. The van der Waals surface area contributed by atoms with E-state index in [0.717, 1.165) is 54.9 Å². The first kappa shape index (κ1) is 24.5. The first-order valence-electron chi connectivity index (χ1n) is 12.5. The summed E-state index contributed by atoms with van der Waals surface area (Å²) in [5.41, 5.74) is 6.48. The standard InChI is InChI=1S/C30H35N3O2/c1-22-12-15-25(16-13-22)30(34)31-18-8-11-29-32-26-9-4-5-10-27(26)33(29)19-6-7-20-35-28-17-14-23(2)21-24(28)3/h4-5,9-10,12-17,21H,6-8,11,18-20H2,1-3H3,(H,31,34). The van der Waals surface area contributed by atoms with Crippen molar-refractivity contribution in [1.29, 1.82) is 0 Å². The van der Waals surface area contributed by atoms with Gasteiger partial charge in [0.2, 0.25) is 0 Å². The Bertz CT molecular complexity index is 1270. The van der Waals surface area contributed by atoms with Gasteiger partial charge in [-0.05, 0) is 75.9 Å². The van der Waals surface area contributed by atoms with Gasteiger partial charge < -0.3 is 14.6 Å². The highest BCUT2D eigenvalue weighted by Crippen LogP contribution is 2.20. The van der Waals surface area contributed by atoms with E-state index in [0.29, 0.717) is 18.7 Å². The third kappa shape index (κ3) is 6.50. The van der Waals surface area contributed by atoms with E-state index >= 15 is 0 Å². The van der Waals surface area contributed by atoms with Crippen LogP contribution in [0.2, 0.25) is 0 Å². The number of fused-ring (bicyclic) bond motifs is 1. The molecule has 0 unspecified atom stereocenters. The topological polar surface area (TPSA) is 56.2 Å². The third-order valence-corrected chi connectivity index (χ3v) is 6.27. The summed E-state index contributed by atoms with van der Waals surface area (Å²) in [7, 11) is 0. The number of rotatable bonds is 11. The van der Waals surface area contributed by atoms with Crippen LogP contribution in [0.15, 0.2) is 66.7 Å². The molecule has 4 aromatic rings. The SMILES string of the molecule is Cc1ccc(C(=O)NCCCc2nc3ccccc3n2CCCCOc2ccc(C)cc2C)cc1. The zero-order chi connectivity index (χ0) is 24.6. The van der Waals surface area contributed by atoms with Crippen molar-refractivity contribution in [2.45, 2.75) is 53.0 Å². The molecule has 0 aliphatic heterocycles. The minimum atomic E-state index is -0.0256. The zero-order valence-electron chi connectivity index (χ0n) is 21.0. The number of aryl methyl sites for hydroxylation is 5. The Morgan fingerprint density at radius 1 is 0.914 bits per heavy atom. The number of benzene rings is 3. The molecule has 0 bridgehead atoms. The molecule has 1 aromatic heterocycles. The van der Waals surface area contributed by atoms with Gasteiger partial charge in [-0.25, -0.2) is 4.98 Å². The van der Waals surface area contributed by atoms with E-state index in [4.69, 9.17) is 9.72 Å².